The SMILES string of the molecule is O=S(=O)(Nc1nnc(Cc2ccc(Cl)cc2)s1)c1ccc(F)c(Cl)c1. The van der Waals surface area contributed by atoms with Gasteiger partial charge in [-0.2, -0.15) is 0 Å². The standard InChI is InChI=1S/C15H10Cl2FN3O2S2/c16-10-3-1-9(2-4-10)7-14-19-20-15(24-14)21-25(22,23)11-5-6-13(18)12(17)8-11/h1-6,8H,7H2,(H,20,21). The van der Waals surface area contributed by atoms with Gasteiger partial charge in [0.25, 0.3) is 10.0 Å². The lowest BCUT2D eigenvalue weighted by Gasteiger charge is -2.05. The van der Waals surface area contributed by atoms with Crippen LogP contribution in [0.25, 0.3) is 0 Å². The smallest absolute Gasteiger partial charge is 0.253 e. The molecule has 0 radical (unpaired) electrons. The number of hydrogen-bond acceptors (Lipinski definition) is 5. The van der Waals surface area contributed by atoms with Crippen molar-refractivity contribution in [2.45, 2.75) is 11.3 Å². The summed E-state index contributed by atoms with van der Waals surface area (Å²) in [7, 11) is -3.93. The molecule has 2 aromatic carbocycles. The molecule has 0 unspecified atom stereocenters. The number of sulfonamides is 1. The number of nitrogens with one attached hydrogen (secondary N) is 1. The van der Waals surface area contributed by atoms with Crippen molar-refractivity contribution in [2.75, 3.05) is 4.72 Å². The summed E-state index contributed by atoms with van der Waals surface area (Å²) < 4.78 is 40.1. The lowest BCUT2D eigenvalue weighted by molar-refractivity contribution is 0.599. The van der Waals surface area contributed by atoms with Crippen LogP contribution < -0.4 is 4.72 Å². The Bertz CT molecular complexity index is 1010. The molecular weight excluding hydrogens is 408 g/mol. The molecule has 3 aromatic rings. The monoisotopic (exact) mass is 417 g/mol. The Hall–Kier alpha value is -1.74. The summed E-state index contributed by atoms with van der Waals surface area (Å²) in [5, 5.41) is 8.90. The second kappa shape index (κ2) is 7.25. The molecule has 1 N–H and O–H groups in total. The van der Waals surface area contributed by atoms with Crippen molar-refractivity contribution in [1.82, 2.24) is 10.2 Å². The molecule has 0 spiro atoms. The fourth-order valence-corrected chi connectivity index (χ4v) is 4.36. The second-order valence-corrected chi connectivity index (χ2v) is 8.57. The van der Waals surface area contributed by atoms with E-state index >= 15 is 0 Å². The van der Waals surface area contributed by atoms with Crippen molar-refractivity contribution in [3.05, 3.63) is 68.9 Å². The number of rotatable bonds is 5. The minimum absolute atomic E-state index is 0.115. The van der Waals surface area contributed by atoms with Crippen LogP contribution in [-0.2, 0) is 16.4 Å². The van der Waals surface area contributed by atoms with E-state index in [0.29, 0.717) is 16.5 Å². The first-order chi connectivity index (χ1) is 11.8. The number of benzene rings is 2. The molecule has 0 bridgehead atoms. The van der Waals surface area contributed by atoms with E-state index in [4.69, 9.17) is 23.2 Å². The number of anilines is 1. The molecule has 0 saturated carbocycles. The van der Waals surface area contributed by atoms with Gasteiger partial charge in [0, 0.05) is 11.4 Å². The Morgan fingerprint density at radius 3 is 2.48 bits per heavy atom. The Kier molecular flexibility index (Phi) is 5.24. The molecule has 1 heterocycles. The summed E-state index contributed by atoms with van der Waals surface area (Å²) in [4.78, 5) is -0.159. The molecule has 0 aliphatic rings. The van der Waals surface area contributed by atoms with Crippen molar-refractivity contribution >= 4 is 49.7 Å². The maximum atomic E-state index is 13.2. The minimum Gasteiger partial charge on any atom is -0.253 e. The summed E-state index contributed by atoms with van der Waals surface area (Å²) in [6.07, 6.45) is 0.499. The third-order valence-electron chi connectivity index (χ3n) is 3.16. The van der Waals surface area contributed by atoms with Crippen LogP contribution in [0.2, 0.25) is 10.0 Å². The maximum absolute atomic E-state index is 13.2. The Morgan fingerprint density at radius 1 is 1.08 bits per heavy atom. The van der Waals surface area contributed by atoms with Gasteiger partial charge in [-0.25, -0.2) is 12.8 Å². The highest BCUT2D eigenvalue weighted by atomic mass is 35.5. The third-order valence-corrected chi connectivity index (χ3v) is 6.00. The summed E-state index contributed by atoms with van der Waals surface area (Å²) >= 11 is 12.6. The highest BCUT2D eigenvalue weighted by Crippen LogP contribution is 2.24. The third kappa shape index (κ3) is 4.46. The predicted molar refractivity (Wildman–Crippen MR) is 96.4 cm³/mol. The zero-order chi connectivity index (χ0) is 18.0. The van der Waals surface area contributed by atoms with Crippen LogP contribution in [0.4, 0.5) is 9.52 Å². The van der Waals surface area contributed by atoms with Crippen LogP contribution >= 0.6 is 34.5 Å². The molecular formula is C15H10Cl2FN3O2S2. The van der Waals surface area contributed by atoms with E-state index in [1.807, 2.05) is 12.1 Å². The number of halogens is 3. The fraction of sp³-hybridized carbons (Fsp3) is 0.0667. The van der Waals surface area contributed by atoms with E-state index in [0.717, 1.165) is 35.1 Å². The van der Waals surface area contributed by atoms with E-state index in [9.17, 15) is 12.8 Å². The normalized spacial score (nSPS) is 11.5. The van der Waals surface area contributed by atoms with Crippen LogP contribution in [-0.4, -0.2) is 18.6 Å². The predicted octanol–water partition coefficient (Wildman–Crippen LogP) is 4.38. The Labute approximate surface area is 157 Å². The highest BCUT2D eigenvalue weighted by molar-refractivity contribution is 7.93. The van der Waals surface area contributed by atoms with E-state index in [1.54, 1.807) is 12.1 Å². The first kappa shape index (κ1) is 18.1. The molecule has 130 valence electrons. The first-order valence-corrected chi connectivity index (χ1v) is 9.94. The summed E-state index contributed by atoms with van der Waals surface area (Å²) in [5.41, 5.74) is 0.972. The summed E-state index contributed by atoms with van der Waals surface area (Å²) in [6.45, 7) is 0. The second-order valence-electron chi connectivity index (χ2n) is 4.99. The number of nitrogens with zero attached hydrogens (tertiary/aromatic N) is 2. The van der Waals surface area contributed by atoms with Gasteiger partial charge in [0.1, 0.15) is 10.8 Å². The molecule has 25 heavy (non-hydrogen) atoms. The summed E-state index contributed by atoms with van der Waals surface area (Å²) in [5.74, 6) is -0.693. The Balaban J connectivity index is 1.75. The van der Waals surface area contributed by atoms with Crippen LogP contribution in [0.15, 0.2) is 47.4 Å². The topological polar surface area (TPSA) is 72.0 Å². The van der Waals surface area contributed by atoms with Gasteiger partial charge in [0.15, 0.2) is 0 Å². The molecule has 0 saturated heterocycles. The summed E-state index contributed by atoms with van der Waals surface area (Å²) in [6, 6.07) is 10.4. The van der Waals surface area contributed by atoms with E-state index in [-0.39, 0.29) is 15.0 Å². The zero-order valence-electron chi connectivity index (χ0n) is 12.4. The quantitative estimate of drug-likeness (QED) is 0.668. The zero-order valence-corrected chi connectivity index (χ0v) is 15.6. The fourth-order valence-electron chi connectivity index (χ4n) is 1.96. The lowest BCUT2D eigenvalue weighted by Crippen LogP contribution is -2.12. The minimum atomic E-state index is -3.93. The van der Waals surface area contributed by atoms with Crippen LogP contribution in [0.3, 0.4) is 0 Å². The van der Waals surface area contributed by atoms with Gasteiger partial charge < -0.3 is 0 Å². The van der Waals surface area contributed by atoms with Gasteiger partial charge in [-0.05, 0) is 35.9 Å². The molecule has 1 aromatic heterocycles. The molecule has 10 heteroatoms. The van der Waals surface area contributed by atoms with Gasteiger partial charge in [-0.3, -0.25) is 4.72 Å². The van der Waals surface area contributed by atoms with Crippen molar-refractivity contribution in [3.63, 3.8) is 0 Å². The van der Waals surface area contributed by atoms with Crippen molar-refractivity contribution in [3.8, 4) is 0 Å². The highest BCUT2D eigenvalue weighted by Gasteiger charge is 2.18. The number of aromatic nitrogens is 2. The van der Waals surface area contributed by atoms with Crippen LogP contribution in [0, 0.1) is 5.82 Å². The molecule has 0 amide bonds. The Morgan fingerprint density at radius 2 is 1.80 bits per heavy atom. The average molecular weight is 418 g/mol. The first-order valence-electron chi connectivity index (χ1n) is 6.88. The van der Waals surface area contributed by atoms with Gasteiger partial charge in [-0.1, -0.05) is 46.7 Å². The van der Waals surface area contributed by atoms with E-state index < -0.39 is 15.8 Å². The maximum Gasteiger partial charge on any atom is 0.263 e. The van der Waals surface area contributed by atoms with E-state index in [1.165, 1.54) is 0 Å². The van der Waals surface area contributed by atoms with Gasteiger partial charge in [0.05, 0.1) is 9.92 Å². The van der Waals surface area contributed by atoms with Crippen molar-refractivity contribution < 1.29 is 12.8 Å². The molecule has 0 aliphatic carbocycles. The largest absolute Gasteiger partial charge is 0.263 e. The van der Waals surface area contributed by atoms with Crippen molar-refractivity contribution in [1.29, 1.82) is 0 Å². The molecule has 0 aliphatic heterocycles. The average Bonchev–Trinajstić information content (AvgIpc) is 2.98. The van der Waals surface area contributed by atoms with Crippen LogP contribution in [0.5, 0.6) is 0 Å². The van der Waals surface area contributed by atoms with Gasteiger partial charge in [0.2, 0.25) is 5.13 Å². The van der Waals surface area contributed by atoms with Gasteiger partial charge >= 0.3 is 0 Å². The number of hydrogen-bond donors (Lipinski definition) is 1. The molecule has 0 atom stereocenters. The van der Waals surface area contributed by atoms with Crippen LogP contribution in [0.1, 0.15) is 10.6 Å². The molecule has 5 nitrogen and oxygen atoms in total. The van der Waals surface area contributed by atoms with E-state index in [2.05, 4.69) is 14.9 Å². The molecule has 0 fully saturated rings. The van der Waals surface area contributed by atoms with Gasteiger partial charge in [-0.15, -0.1) is 10.2 Å². The van der Waals surface area contributed by atoms with Crippen molar-refractivity contribution in [2.24, 2.45) is 0 Å². The lowest BCUT2D eigenvalue weighted by atomic mass is 10.2. The molecule has 3 rings (SSSR count).